The molecule has 0 fully saturated rings. The maximum atomic E-state index is 10.6. The van der Waals surface area contributed by atoms with Crippen LogP contribution in [0.5, 0.6) is 11.5 Å². The highest BCUT2D eigenvalue weighted by Gasteiger charge is 2.09. The SMILES string of the molecule is COc1cc(C/C(C)=C/C(=O)O)c(OC)cc1C. The monoisotopic (exact) mass is 250 g/mol. The zero-order valence-corrected chi connectivity index (χ0v) is 11.1. The van der Waals surface area contributed by atoms with Gasteiger partial charge in [0.1, 0.15) is 11.5 Å². The lowest BCUT2D eigenvalue weighted by Gasteiger charge is -2.13. The lowest BCUT2D eigenvalue weighted by molar-refractivity contribution is -0.131. The first kappa shape index (κ1) is 14.1. The Balaban J connectivity index is 3.10. The highest BCUT2D eigenvalue weighted by molar-refractivity contribution is 5.80. The number of allylic oxidation sites excluding steroid dienone is 1. The molecular weight excluding hydrogens is 232 g/mol. The average molecular weight is 250 g/mol. The van der Waals surface area contributed by atoms with Crippen LogP contribution < -0.4 is 9.47 Å². The van der Waals surface area contributed by atoms with Gasteiger partial charge < -0.3 is 14.6 Å². The first-order chi connectivity index (χ1) is 8.47. The minimum Gasteiger partial charge on any atom is -0.496 e. The van der Waals surface area contributed by atoms with Crippen LogP contribution in [-0.2, 0) is 11.2 Å². The Morgan fingerprint density at radius 2 is 1.89 bits per heavy atom. The van der Waals surface area contributed by atoms with E-state index in [1.54, 1.807) is 21.1 Å². The summed E-state index contributed by atoms with van der Waals surface area (Å²) >= 11 is 0. The zero-order chi connectivity index (χ0) is 13.7. The summed E-state index contributed by atoms with van der Waals surface area (Å²) in [6, 6.07) is 3.77. The van der Waals surface area contributed by atoms with Gasteiger partial charge in [0, 0.05) is 11.6 Å². The molecule has 1 rings (SSSR count). The minimum atomic E-state index is -0.939. The van der Waals surface area contributed by atoms with Gasteiger partial charge in [-0.15, -0.1) is 0 Å². The molecule has 0 aliphatic rings. The van der Waals surface area contributed by atoms with Crippen LogP contribution in [0.25, 0.3) is 0 Å². The third-order valence-electron chi connectivity index (χ3n) is 2.64. The van der Waals surface area contributed by atoms with Crippen LogP contribution >= 0.6 is 0 Å². The molecule has 18 heavy (non-hydrogen) atoms. The van der Waals surface area contributed by atoms with Crippen LogP contribution in [-0.4, -0.2) is 25.3 Å². The molecule has 0 heterocycles. The molecule has 98 valence electrons. The molecular formula is C14H18O4. The van der Waals surface area contributed by atoms with Crippen molar-refractivity contribution in [3.05, 3.63) is 34.9 Å². The molecule has 1 N–H and O–H groups in total. The molecule has 0 radical (unpaired) electrons. The van der Waals surface area contributed by atoms with Crippen molar-refractivity contribution >= 4 is 5.97 Å². The van der Waals surface area contributed by atoms with Gasteiger partial charge in [-0.2, -0.15) is 0 Å². The minimum absolute atomic E-state index is 0.520. The van der Waals surface area contributed by atoms with Crippen molar-refractivity contribution in [3.8, 4) is 11.5 Å². The Morgan fingerprint density at radius 3 is 2.39 bits per heavy atom. The van der Waals surface area contributed by atoms with E-state index in [2.05, 4.69) is 0 Å². The van der Waals surface area contributed by atoms with Crippen molar-refractivity contribution in [1.82, 2.24) is 0 Å². The number of carbonyl (C=O) groups is 1. The number of rotatable bonds is 5. The summed E-state index contributed by atoms with van der Waals surface area (Å²) in [5.74, 6) is 0.575. The molecule has 1 aromatic carbocycles. The van der Waals surface area contributed by atoms with Gasteiger partial charge in [-0.25, -0.2) is 4.79 Å². The number of carboxylic acids is 1. The second kappa shape index (κ2) is 6.10. The number of aryl methyl sites for hydroxylation is 1. The van der Waals surface area contributed by atoms with Crippen molar-refractivity contribution in [1.29, 1.82) is 0 Å². The molecule has 0 unspecified atom stereocenters. The Kier molecular flexibility index (Phi) is 4.77. The van der Waals surface area contributed by atoms with E-state index in [0.29, 0.717) is 6.42 Å². The van der Waals surface area contributed by atoms with E-state index in [1.807, 2.05) is 19.1 Å². The van der Waals surface area contributed by atoms with E-state index in [1.165, 1.54) is 6.08 Å². The van der Waals surface area contributed by atoms with Crippen molar-refractivity contribution in [3.63, 3.8) is 0 Å². The van der Waals surface area contributed by atoms with Gasteiger partial charge in [0.15, 0.2) is 0 Å². The fraction of sp³-hybridized carbons (Fsp3) is 0.357. The van der Waals surface area contributed by atoms with Gasteiger partial charge in [-0.3, -0.25) is 0 Å². The van der Waals surface area contributed by atoms with Gasteiger partial charge in [-0.1, -0.05) is 5.57 Å². The average Bonchev–Trinajstić information content (AvgIpc) is 2.29. The first-order valence-electron chi connectivity index (χ1n) is 5.59. The predicted octanol–water partition coefficient (Wildman–Crippen LogP) is 2.59. The van der Waals surface area contributed by atoms with E-state index >= 15 is 0 Å². The highest BCUT2D eigenvalue weighted by atomic mass is 16.5. The number of benzene rings is 1. The highest BCUT2D eigenvalue weighted by Crippen LogP contribution is 2.29. The van der Waals surface area contributed by atoms with E-state index < -0.39 is 5.97 Å². The topological polar surface area (TPSA) is 55.8 Å². The number of hydrogen-bond donors (Lipinski definition) is 1. The van der Waals surface area contributed by atoms with Crippen molar-refractivity contribution in [2.45, 2.75) is 20.3 Å². The van der Waals surface area contributed by atoms with Gasteiger partial charge in [0.2, 0.25) is 0 Å². The maximum Gasteiger partial charge on any atom is 0.328 e. The van der Waals surface area contributed by atoms with Crippen LogP contribution in [0, 0.1) is 6.92 Å². The number of methoxy groups -OCH3 is 2. The number of ether oxygens (including phenoxy) is 2. The molecule has 0 saturated carbocycles. The summed E-state index contributed by atoms with van der Waals surface area (Å²) in [4.78, 5) is 10.6. The van der Waals surface area contributed by atoms with Crippen molar-refractivity contribution < 1.29 is 19.4 Å². The third kappa shape index (κ3) is 3.52. The Labute approximate surface area is 107 Å². The summed E-state index contributed by atoms with van der Waals surface area (Å²) in [5.41, 5.74) is 2.65. The van der Waals surface area contributed by atoms with E-state index in [0.717, 1.165) is 28.2 Å². The molecule has 0 saturated heterocycles. The van der Waals surface area contributed by atoms with Gasteiger partial charge in [-0.05, 0) is 38.0 Å². The molecule has 0 aliphatic heterocycles. The van der Waals surface area contributed by atoms with Crippen LogP contribution in [0.4, 0.5) is 0 Å². The summed E-state index contributed by atoms with van der Waals surface area (Å²) in [6.07, 6.45) is 1.72. The van der Waals surface area contributed by atoms with Gasteiger partial charge in [0.25, 0.3) is 0 Å². The fourth-order valence-electron chi connectivity index (χ4n) is 1.81. The van der Waals surface area contributed by atoms with Gasteiger partial charge >= 0.3 is 5.97 Å². The Bertz CT molecular complexity index is 475. The van der Waals surface area contributed by atoms with Crippen LogP contribution in [0.15, 0.2) is 23.8 Å². The Hall–Kier alpha value is -1.97. The van der Waals surface area contributed by atoms with Crippen molar-refractivity contribution in [2.24, 2.45) is 0 Å². The van der Waals surface area contributed by atoms with E-state index in [9.17, 15) is 4.79 Å². The Morgan fingerprint density at radius 1 is 1.28 bits per heavy atom. The molecule has 0 aliphatic carbocycles. The maximum absolute atomic E-state index is 10.6. The normalized spacial score (nSPS) is 11.2. The van der Waals surface area contributed by atoms with E-state index in [4.69, 9.17) is 14.6 Å². The predicted molar refractivity (Wildman–Crippen MR) is 69.4 cm³/mol. The smallest absolute Gasteiger partial charge is 0.328 e. The molecule has 4 nitrogen and oxygen atoms in total. The second-order valence-corrected chi connectivity index (χ2v) is 4.14. The molecule has 1 aromatic rings. The fourth-order valence-corrected chi connectivity index (χ4v) is 1.81. The summed E-state index contributed by atoms with van der Waals surface area (Å²) < 4.78 is 10.6. The molecule has 0 amide bonds. The first-order valence-corrected chi connectivity index (χ1v) is 5.59. The van der Waals surface area contributed by atoms with Crippen molar-refractivity contribution in [2.75, 3.05) is 14.2 Å². The molecule has 0 atom stereocenters. The van der Waals surface area contributed by atoms with Crippen LogP contribution in [0.3, 0.4) is 0 Å². The lowest BCUT2D eigenvalue weighted by Crippen LogP contribution is -1.98. The summed E-state index contributed by atoms with van der Waals surface area (Å²) in [6.45, 7) is 3.71. The van der Waals surface area contributed by atoms with Crippen LogP contribution in [0.1, 0.15) is 18.1 Å². The largest absolute Gasteiger partial charge is 0.496 e. The number of aliphatic carboxylic acids is 1. The standard InChI is InChI=1S/C14H18O4/c1-9(6-14(15)16)5-11-8-12(17-3)10(2)7-13(11)18-4/h6-8H,5H2,1-4H3,(H,15,16)/b9-6+. The number of carboxylic acid groups (broad SMARTS) is 1. The second-order valence-electron chi connectivity index (χ2n) is 4.14. The summed E-state index contributed by atoms with van der Waals surface area (Å²) in [7, 11) is 3.21. The van der Waals surface area contributed by atoms with E-state index in [-0.39, 0.29) is 0 Å². The molecule has 0 aromatic heterocycles. The van der Waals surface area contributed by atoms with Crippen LogP contribution in [0.2, 0.25) is 0 Å². The summed E-state index contributed by atoms with van der Waals surface area (Å²) in [5, 5.41) is 8.70. The number of hydrogen-bond acceptors (Lipinski definition) is 3. The quantitative estimate of drug-likeness (QED) is 0.816. The lowest BCUT2D eigenvalue weighted by atomic mass is 10.0. The zero-order valence-electron chi connectivity index (χ0n) is 11.1. The molecule has 0 spiro atoms. The van der Waals surface area contributed by atoms with Gasteiger partial charge in [0.05, 0.1) is 14.2 Å². The molecule has 0 bridgehead atoms. The molecule has 4 heteroatoms. The third-order valence-corrected chi connectivity index (χ3v) is 2.64.